The van der Waals surface area contributed by atoms with Gasteiger partial charge in [-0.2, -0.15) is 0 Å². The Morgan fingerprint density at radius 3 is 2.43 bits per heavy atom. The van der Waals surface area contributed by atoms with Crippen molar-refractivity contribution in [2.24, 2.45) is 0 Å². The molecule has 0 saturated heterocycles. The van der Waals surface area contributed by atoms with Crippen LogP contribution in [0.3, 0.4) is 0 Å². The minimum atomic E-state index is 0.660. The molecule has 0 radical (unpaired) electrons. The second-order valence-electron chi connectivity index (χ2n) is 2.85. The van der Waals surface area contributed by atoms with E-state index in [0.29, 0.717) is 6.41 Å². The van der Waals surface area contributed by atoms with Crippen LogP contribution in [0.15, 0.2) is 47.3 Å². The van der Waals surface area contributed by atoms with Gasteiger partial charge < -0.3 is 9.73 Å². The monoisotopic (exact) mass is 187 g/mol. The molecule has 1 amide bonds. The van der Waals surface area contributed by atoms with E-state index in [4.69, 9.17) is 4.42 Å². The summed E-state index contributed by atoms with van der Waals surface area (Å²) in [6.07, 6.45) is 3.97. The highest BCUT2D eigenvalue weighted by Crippen LogP contribution is 2.21. The van der Waals surface area contributed by atoms with Gasteiger partial charge in [0.05, 0.1) is 12.5 Å². The van der Waals surface area contributed by atoms with Crippen LogP contribution in [0, 0.1) is 0 Å². The Morgan fingerprint density at radius 2 is 1.86 bits per heavy atom. The number of carbonyl (C=O) groups excluding carboxylic acids is 1. The number of benzene rings is 1. The molecule has 1 N–H and O–H groups in total. The lowest BCUT2D eigenvalue weighted by Gasteiger charge is -1.99. The Bertz CT molecular complexity index is 403. The molecular formula is C11H9NO2. The smallest absolute Gasteiger partial charge is 0.211 e. The zero-order valence-corrected chi connectivity index (χ0v) is 7.44. The summed E-state index contributed by atoms with van der Waals surface area (Å²) in [5.74, 6) is 0. The summed E-state index contributed by atoms with van der Waals surface area (Å²) >= 11 is 0. The van der Waals surface area contributed by atoms with Crippen LogP contribution < -0.4 is 5.32 Å². The molecule has 0 bridgehead atoms. The van der Waals surface area contributed by atoms with Gasteiger partial charge in [0.25, 0.3) is 0 Å². The highest BCUT2D eigenvalue weighted by atomic mass is 16.3. The predicted molar refractivity (Wildman–Crippen MR) is 53.8 cm³/mol. The first-order valence-electron chi connectivity index (χ1n) is 4.23. The van der Waals surface area contributed by atoms with Crippen LogP contribution in [-0.2, 0) is 4.79 Å². The zero-order chi connectivity index (χ0) is 9.80. The van der Waals surface area contributed by atoms with Crippen LogP contribution in [0.1, 0.15) is 0 Å². The van der Waals surface area contributed by atoms with Gasteiger partial charge in [-0.1, -0.05) is 12.1 Å². The maximum atomic E-state index is 10.2. The molecule has 0 aliphatic heterocycles. The number of rotatable bonds is 3. The number of furan rings is 1. The zero-order valence-electron chi connectivity index (χ0n) is 7.44. The van der Waals surface area contributed by atoms with Crippen LogP contribution in [0.4, 0.5) is 5.69 Å². The molecule has 3 heteroatoms. The molecular weight excluding hydrogens is 178 g/mol. The van der Waals surface area contributed by atoms with Gasteiger partial charge >= 0.3 is 0 Å². The molecule has 0 atom stereocenters. The van der Waals surface area contributed by atoms with E-state index in [0.717, 1.165) is 16.8 Å². The molecule has 1 aromatic carbocycles. The number of nitrogens with one attached hydrogen (secondary N) is 1. The third-order valence-corrected chi connectivity index (χ3v) is 1.97. The minimum Gasteiger partial charge on any atom is -0.472 e. The maximum absolute atomic E-state index is 10.2. The Morgan fingerprint density at radius 1 is 1.07 bits per heavy atom. The Labute approximate surface area is 81.4 Å². The van der Waals surface area contributed by atoms with Gasteiger partial charge in [0, 0.05) is 11.3 Å². The normalized spacial score (nSPS) is 9.71. The van der Waals surface area contributed by atoms with Gasteiger partial charge in [-0.15, -0.1) is 0 Å². The van der Waals surface area contributed by atoms with E-state index in [-0.39, 0.29) is 0 Å². The molecule has 0 aliphatic rings. The van der Waals surface area contributed by atoms with Crippen molar-refractivity contribution in [1.29, 1.82) is 0 Å². The van der Waals surface area contributed by atoms with E-state index < -0.39 is 0 Å². The van der Waals surface area contributed by atoms with Crippen molar-refractivity contribution in [3.63, 3.8) is 0 Å². The average molecular weight is 187 g/mol. The van der Waals surface area contributed by atoms with Crippen molar-refractivity contribution in [2.75, 3.05) is 5.32 Å². The first-order chi connectivity index (χ1) is 6.90. The second kappa shape index (κ2) is 3.79. The van der Waals surface area contributed by atoms with E-state index in [1.165, 1.54) is 0 Å². The topological polar surface area (TPSA) is 42.2 Å². The first kappa shape index (κ1) is 8.56. The van der Waals surface area contributed by atoms with Crippen molar-refractivity contribution >= 4 is 12.1 Å². The molecule has 1 heterocycles. The molecule has 14 heavy (non-hydrogen) atoms. The predicted octanol–water partition coefficient (Wildman–Crippen LogP) is 2.51. The lowest BCUT2D eigenvalue weighted by atomic mass is 10.1. The van der Waals surface area contributed by atoms with E-state index >= 15 is 0 Å². The lowest BCUT2D eigenvalue weighted by Crippen LogP contribution is -1.92. The number of anilines is 1. The Kier molecular flexibility index (Phi) is 2.32. The quantitative estimate of drug-likeness (QED) is 0.750. The van der Waals surface area contributed by atoms with Gasteiger partial charge in [-0.05, 0) is 23.8 Å². The molecule has 0 saturated carbocycles. The summed E-state index contributed by atoms with van der Waals surface area (Å²) in [6.45, 7) is 0. The van der Waals surface area contributed by atoms with E-state index in [1.807, 2.05) is 30.3 Å². The maximum Gasteiger partial charge on any atom is 0.211 e. The minimum absolute atomic E-state index is 0.660. The van der Waals surface area contributed by atoms with Crippen molar-refractivity contribution in [3.8, 4) is 11.1 Å². The number of carbonyl (C=O) groups is 1. The number of hydrogen-bond acceptors (Lipinski definition) is 2. The molecule has 0 aliphatic carbocycles. The molecule has 0 unspecified atom stereocenters. The van der Waals surface area contributed by atoms with Crippen LogP contribution in [0.5, 0.6) is 0 Å². The summed E-state index contributed by atoms with van der Waals surface area (Å²) in [5, 5.41) is 2.58. The van der Waals surface area contributed by atoms with E-state index in [1.54, 1.807) is 12.5 Å². The SMILES string of the molecule is O=CNc1ccc(-c2ccoc2)cc1. The highest BCUT2D eigenvalue weighted by molar-refractivity contribution is 5.73. The molecule has 2 rings (SSSR count). The summed E-state index contributed by atoms with van der Waals surface area (Å²) in [5.41, 5.74) is 2.88. The van der Waals surface area contributed by atoms with E-state index in [2.05, 4.69) is 5.32 Å². The van der Waals surface area contributed by atoms with Crippen LogP contribution in [-0.4, -0.2) is 6.41 Å². The number of amides is 1. The standard InChI is InChI=1S/C11H9NO2/c13-8-12-11-3-1-9(2-4-11)10-5-6-14-7-10/h1-8H,(H,12,13). The molecule has 0 fully saturated rings. The fourth-order valence-corrected chi connectivity index (χ4v) is 1.26. The lowest BCUT2D eigenvalue weighted by molar-refractivity contribution is -0.105. The average Bonchev–Trinajstić information content (AvgIpc) is 2.72. The Hall–Kier alpha value is -2.03. The van der Waals surface area contributed by atoms with E-state index in [9.17, 15) is 4.79 Å². The third kappa shape index (κ3) is 1.66. The molecule has 1 aromatic heterocycles. The summed E-state index contributed by atoms with van der Waals surface area (Å²) in [7, 11) is 0. The first-order valence-corrected chi connectivity index (χ1v) is 4.23. The van der Waals surface area contributed by atoms with Crippen LogP contribution in [0.25, 0.3) is 11.1 Å². The van der Waals surface area contributed by atoms with Gasteiger partial charge in [0.2, 0.25) is 6.41 Å². The highest BCUT2D eigenvalue weighted by Gasteiger charge is 1.98. The van der Waals surface area contributed by atoms with Gasteiger partial charge in [0.1, 0.15) is 0 Å². The fourth-order valence-electron chi connectivity index (χ4n) is 1.26. The second-order valence-corrected chi connectivity index (χ2v) is 2.85. The molecule has 2 aromatic rings. The van der Waals surface area contributed by atoms with Gasteiger partial charge in [-0.25, -0.2) is 0 Å². The molecule has 3 nitrogen and oxygen atoms in total. The van der Waals surface area contributed by atoms with Crippen molar-refractivity contribution in [3.05, 3.63) is 42.9 Å². The summed E-state index contributed by atoms with van der Waals surface area (Å²) in [6, 6.07) is 9.43. The van der Waals surface area contributed by atoms with Crippen molar-refractivity contribution < 1.29 is 9.21 Å². The van der Waals surface area contributed by atoms with Crippen molar-refractivity contribution in [2.45, 2.75) is 0 Å². The van der Waals surface area contributed by atoms with Crippen LogP contribution >= 0.6 is 0 Å². The van der Waals surface area contributed by atoms with Crippen LogP contribution in [0.2, 0.25) is 0 Å². The molecule has 70 valence electrons. The Balaban J connectivity index is 2.26. The third-order valence-electron chi connectivity index (χ3n) is 1.97. The summed E-state index contributed by atoms with van der Waals surface area (Å²) in [4.78, 5) is 10.2. The van der Waals surface area contributed by atoms with Gasteiger partial charge in [0.15, 0.2) is 0 Å². The molecule has 0 spiro atoms. The summed E-state index contributed by atoms with van der Waals surface area (Å²) < 4.78 is 4.97. The van der Waals surface area contributed by atoms with Crippen molar-refractivity contribution in [1.82, 2.24) is 0 Å². The fraction of sp³-hybridized carbons (Fsp3) is 0. The largest absolute Gasteiger partial charge is 0.472 e. The number of hydrogen-bond donors (Lipinski definition) is 1. The van der Waals surface area contributed by atoms with Gasteiger partial charge in [-0.3, -0.25) is 4.79 Å².